The highest BCUT2D eigenvalue weighted by Crippen LogP contribution is 2.34. The van der Waals surface area contributed by atoms with E-state index < -0.39 is 0 Å². The van der Waals surface area contributed by atoms with E-state index in [2.05, 4.69) is 21.7 Å². The molecule has 2 heterocycles. The SMILES string of the molecule is CSCc1c(C#N)c(-c2ccc(C#N)cc2)c(C)n1Cc1cnc(Cl)c(CO)c1. The molecule has 7 heteroatoms. The van der Waals surface area contributed by atoms with Crippen molar-refractivity contribution in [1.82, 2.24) is 9.55 Å². The van der Waals surface area contributed by atoms with Crippen LogP contribution in [0, 0.1) is 29.6 Å². The Labute approximate surface area is 179 Å². The van der Waals surface area contributed by atoms with Crippen LogP contribution < -0.4 is 0 Å². The molecule has 0 aliphatic rings. The van der Waals surface area contributed by atoms with Crippen molar-refractivity contribution < 1.29 is 5.11 Å². The number of pyridine rings is 1. The Morgan fingerprint density at radius 1 is 1.21 bits per heavy atom. The first-order valence-corrected chi connectivity index (χ1v) is 10.7. The van der Waals surface area contributed by atoms with E-state index in [4.69, 9.17) is 16.9 Å². The number of thioether (sulfide) groups is 1. The lowest BCUT2D eigenvalue weighted by molar-refractivity contribution is 0.281. The third-order valence-corrected chi connectivity index (χ3v) is 5.71. The molecular formula is C22H19ClN4OS. The second-order valence-electron chi connectivity index (χ2n) is 6.55. The fourth-order valence-electron chi connectivity index (χ4n) is 3.41. The van der Waals surface area contributed by atoms with Crippen molar-refractivity contribution in [3.8, 4) is 23.3 Å². The molecule has 3 aromatic rings. The number of aromatic nitrogens is 2. The molecule has 146 valence electrons. The summed E-state index contributed by atoms with van der Waals surface area (Å²) < 4.78 is 2.12. The van der Waals surface area contributed by atoms with Gasteiger partial charge in [0.1, 0.15) is 11.2 Å². The number of benzene rings is 1. The average molecular weight is 423 g/mol. The van der Waals surface area contributed by atoms with E-state index in [9.17, 15) is 10.4 Å². The van der Waals surface area contributed by atoms with Crippen LogP contribution in [0.25, 0.3) is 11.1 Å². The minimum absolute atomic E-state index is 0.179. The van der Waals surface area contributed by atoms with E-state index in [0.717, 1.165) is 28.1 Å². The predicted molar refractivity (Wildman–Crippen MR) is 116 cm³/mol. The van der Waals surface area contributed by atoms with Crippen LogP contribution in [-0.2, 0) is 18.9 Å². The van der Waals surface area contributed by atoms with Crippen molar-refractivity contribution in [2.45, 2.75) is 25.8 Å². The molecule has 0 saturated carbocycles. The molecular weight excluding hydrogens is 404 g/mol. The smallest absolute Gasteiger partial charge is 0.134 e. The van der Waals surface area contributed by atoms with Crippen LogP contribution in [-0.4, -0.2) is 20.9 Å². The van der Waals surface area contributed by atoms with Crippen LogP contribution in [0.5, 0.6) is 0 Å². The van der Waals surface area contributed by atoms with Crippen LogP contribution in [0.15, 0.2) is 36.5 Å². The van der Waals surface area contributed by atoms with Gasteiger partial charge in [0, 0.05) is 41.0 Å². The van der Waals surface area contributed by atoms with Gasteiger partial charge in [-0.1, -0.05) is 23.7 Å². The van der Waals surface area contributed by atoms with E-state index in [1.165, 1.54) is 0 Å². The average Bonchev–Trinajstić information content (AvgIpc) is 3.00. The quantitative estimate of drug-likeness (QED) is 0.584. The molecule has 29 heavy (non-hydrogen) atoms. The van der Waals surface area contributed by atoms with E-state index in [1.54, 1.807) is 30.1 Å². The zero-order valence-corrected chi connectivity index (χ0v) is 17.7. The van der Waals surface area contributed by atoms with Crippen molar-refractivity contribution in [2.75, 3.05) is 6.26 Å². The Morgan fingerprint density at radius 2 is 1.93 bits per heavy atom. The van der Waals surface area contributed by atoms with Crippen molar-refractivity contribution in [2.24, 2.45) is 0 Å². The minimum atomic E-state index is -0.179. The summed E-state index contributed by atoms with van der Waals surface area (Å²) >= 11 is 7.67. The number of nitriles is 2. The molecule has 0 saturated heterocycles. The molecule has 0 spiro atoms. The number of hydrogen-bond donors (Lipinski definition) is 1. The second kappa shape index (κ2) is 9.15. The first-order chi connectivity index (χ1) is 14.0. The standard InChI is InChI=1S/C22H19ClN4OS/c1-14-21(17-5-3-15(8-24)4-6-17)19(9-25)20(13-29-2)27(14)11-16-7-18(12-28)22(23)26-10-16/h3-7,10,28H,11-13H2,1-2H3. The first kappa shape index (κ1) is 21.0. The van der Waals surface area contributed by atoms with Crippen LogP contribution in [0.2, 0.25) is 5.15 Å². The van der Waals surface area contributed by atoms with E-state index in [1.807, 2.05) is 31.4 Å². The van der Waals surface area contributed by atoms with Crippen molar-refractivity contribution in [1.29, 1.82) is 10.5 Å². The molecule has 0 unspecified atom stereocenters. The van der Waals surface area contributed by atoms with E-state index in [0.29, 0.717) is 34.1 Å². The lowest BCUT2D eigenvalue weighted by Crippen LogP contribution is -2.07. The van der Waals surface area contributed by atoms with E-state index in [-0.39, 0.29) is 6.61 Å². The van der Waals surface area contributed by atoms with Crippen molar-refractivity contribution >= 4 is 23.4 Å². The van der Waals surface area contributed by atoms with Gasteiger partial charge in [-0.15, -0.1) is 0 Å². The summed E-state index contributed by atoms with van der Waals surface area (Å²) in [6.07, 6.45) is 3.69. The van der Waals surface area contributed by atoms with Crippen molar-refractivity contribution in [3.63, 3.8) is 0 Å². The molecule has 2 aromatic heterocycles. The van der Waals surface area contributed by atoms with Gasteiger partial charge in [0.2, 0.25) is 0 Å². The number of aliphatic hydroxyl groups is 1. The normalized spacial score (nSPS) is 10.6. The van der Waals surface area contributed by atoms with Gasteiger partial charge in [0.15, 0.2) is 0 Å². The van der Waals surface area contributed by atoms with Gasteiger partial charge in [0.25, 0.3) is 0 Å². The van der Waals surface area contributed by atoms with Gasteiger partial charge in [-0.25, -0.2) is 4.98 Å². The molecule has 3 rings (SSSR count). The highest BCUT2D eigenvalue weighted by molar-refractivity contribution is 7.97. The summed E-state index contributed by atoms with van der Waals surface area (Å²) in [4.78, 5) is 4.17. The minimum Gasteiger partial charge on any atom is -0.392 e. The van der Waals surface area contributed by atoms with Crippen LogP contribution in [0.3, 0.4) is 0 Å². The second-order valence-corrected chi connectivity index (χ2v) is 7.78. The topological polar surface area (TPSA) is 85.6 Å². The molecule has 0 fully saturated rings. The van der Waals surface area contributed by atoms with Crippen LogP contribution >= 0.6 is 23.4 Å². The number of hydrogen-bond acceptors (Lipinski definition) is 5. The van der Waals surface area contributed by atoms with Crippen LogP contribution in [0.4, 0.5) is 0 Å². The number of aliphatic hydroxyl groups excluding tert-OH is 1. The Bertz CT molecular complexity index is 1120. The fourth-order valence-corrected chi connectivity index (χ4v) is 4.14. The first-order valence-electron chi connectivity index (χ1n) is 8.89. The van der Waals surface area contributed by atoms with Gasteiger partial charge < -0.3 is 9.67 Å². The van der Waals surface area contributed by atoms with Gasteiger partial charge in [-0.05, 0) is 42.5 Å². The molecule has 5 nitrogen and oxygen atoms in total. The monoisotopic (exact) mass is 422 g/mol. The third kappa shape index (κ3) is 4.16. The summed E-state index contributed by atoms with van der Waals surface area (Å²) in [7, 11) is 0. The molecule has 0 aliphatic carbocycles. The Balaban J connectivity index is 2.15. The van der Waals surface area contributed by atoms with E-state index >= 15 is 0 Å². The largest absolute Gasteiger partial charge is 0.392 e. The molecule has 0 amide bonds. The molecule has 1 aromatic carbocycles. The fraction of sp³-hybridized carbons (Fsp3) is 0.227. The third-order valence-electron chi connectivity index (χ3n) is 4.81. The molecule has 1 N–H and O–H groups in total. The van der Waals surface area contributed by atoms with Gasteiger partial charge in [-0.2, -0.15) is 22.3 Å². The lowest BCUT2D eigenvalue weighted by atomic mass is 10.00. The predicted octanol–water partition coefficient (Wildman–Crippen LogP) is 4.66. The summed E-state index contributed by atoms with van der Waals surface area (Å²) in [5.74, 6) is 0.688. The lowest BCUT2D eigenvalue weighted by Gasteiger charge is -2.13. The molecule has 0 aliphatic heterocycles. The van der Waals surface area contributed by atoms with Gasteiger partial charge in [-0.3, -0.25) is 0 Å². The zero-order valence-electron chi connectivity index (χ0n) is 16.1. The summed E-state index contributed by atoms with van der Waals surface area (Å²) in [5.41, 5.74) is 6.40. The highest BCUT2D eigenvalue weighted by atomic mass is 35.5. The number of halogens is 1. The number of rotatable bonds is 6. The Kier molecular flexibility index (Phi) is 6.61. The summed E-state index contributed by atoms with van der Waals surface area (Å²) in [6.45, 7) is 2.33. The maximum absolute atomic E-state index is 9.92. The maximum atomic E-state index is 9.92. The molecule has 0 radical (unpaired) electrons. The van der Waals surface area contributed by atoms with Gasteiger partial charge >= 0.3 is 0 Å². The Morgan fingerprint density at radius 3 is 2.52 bits per heavy atom. The Hall–Kier alpha value is -2.77. The van der Waals surface area contributed by atoms with Crippen LogP contribution in [0.1, 0.15) is 33.6 Å². The molecule has 0 atom stereocenters. The molecule has 0 bridgehead atoms. The zero-order chi connectivity index (χ0) is 21.0. The number of nitrogens with zero attached hydrogens (tertiary/aromatic N) is 4. The highest BCUT2D eigenvalue weighted by Gasteiger charge is 2.21. The van der Waals surface area contributed by atoms with Gasteiger partial charge in [0.05, 0.1) is 23.8 Å². The maximum Gasteiger partial charge on any atom is 0.134 e. The van der Waals surface area contributed by atoms with Crippen molar-refractivity contribution in [3.05, 3.63) is 75.3 Å². The summed E-state index contributed by atoms with van der Waals surface area (Å²) in [5, 5.41) is 28.8. The summed E-state index contributed by atoms with van der Waals surface area (Å²) in [6, 6.07) is 13.6.